The third kappa shape index (κ3) is 3.99. The molecule has 0 saturated carbocycles. The van der Waals surface area contributed by atoms with Gasteiger partial charge in [-0.15, -0.1) is 0 Å². The van der Waals surface area contributed by atoms with Gasteiger partial charge in [-0.3, -0.25) is 14.3 Å². The molecule has 106 valence electrons. The molecule has 1 N–H and O–H groups in total. The number of carbonyl (C=O) groups excluding carboxylic acids is 2. The summed E-state index contributed by atoms with van der Waals surface area (Å²) in [5.74, 6) is 0.624. The molecule has 6 nitrogen and oxygen atoms in total. The second-order valence-electron chi connectivity index (χ2n) is 4.04. The number of anilines is 1. The summed E-state index contributed by atoms with van der Waals surface area (Å²) in [4.78, 5) is 25.3. The molecule has 0 aliphatic carbocycles. The summed E-state index contributed by atoms with van der Waals surface area (Å²) in [6, 6.07) is 1.59. The Morgan fingerprint density at radius 3 is 2.58 bits per heavy atom. The van der Waals surface area contributed by atoms with Crippen molar-refractivity contribution in [3.63, 3.8) is 0 Å². The molecular formula is C12H20N4O2S. The maximum Gasteiger partial charge on any atom is 0.272 e. The zero-order valence-corrected chi connectivity index (χ0v) is 12.4. The van der Waals surface area contributed by atoms with Crippen LogP contribution in [0.25, 0.3) is 0 Å². The molecule has 0 aromatic carbocycles. The Balaban J connectivity index is 2.84. The smallest absolute Gasteiger partial charge is 0.272 e. The van der Waals surface area contributed by atoms with Crippen LogP contribution in [0.3, 0.4) is 0 Å². The summed E-state index contributed by atoms with van der Waals surface area (Å²) < 4.78 is 1.48. The van der Waals surface area contributed by atoms with Gasteiger partial charge in [-0.25, -0.2) is 0 Å². The van der Waals surface area contributed by atoms with Crippen LogP contribution in [0, 0.1) is 0 Å². The van der Waals surface area contributed by atoms with E-state index in [-0.39, 0.29) is 11.8 Å². The van der Waals surface area contributed by atoms with Crippen molar-refractivity contribution < 1.29 is 9.59 Å². The molecule has 1 heterocycles. The Bertz CT molecular complexity index is 455. The zero-order valence-electron chi connectivity index (χ0n) is 11.5. The van der Waals surface area contributed by atoms with Crippen molar-refractivity contribution in [1.82, 2.24) is 14.7 Å². The molecular weight excluding hydrogens is 264 g/mol. The molecule has 0 fully saturated rings. The van der Waals surface area contributed by atoms with Crippen LogP contribution in [-0.2, 0) is 11.8 Å². The van der Waals surface area contributed by atoms with Gasteiger partial charge in [0.1, 0.15) is 5.69 Å². The number of hydrogen-bond donors (Lipinski definition) is 2. The van der Waals surface area contributed by atoms with Gasteiger partial charge in [0.2, 0.25) is 5.91 Å². The van der Waals surface area contributed by atoms with Crippen molar-refractivity contribution in [2.24, 2.45) is 7.05 Å². The van der Waals surface area contributed by atoms with Crippen LogP contribution < -0.4 is 5.32 Å². The molecule has 0 unspecified atom stereocenters. The monoisotopic (exact) mass is 284 g/mol. The van der Waals surface area contributed by atoms with Crippen molar-refractivity contribution in [3.8, 4) is 0 Å². The first-order chi connectivity index (χ1) is 9.03. The molecule has 0 radical (unpaired) electrons. The fraction of sp³-hybridized carbons (Fsp3) is 0.583. The summed E-state index contributed by atoms with van der Waals surface area (Å²) >= 11 is 3.99. The van der Waals surface area contributed by atoms with Crippen LogP contribution in [-0.4, -0.2) is 45.3 Å². The molecule has 0 aliphatic rings. The van der Waals surface area contributed by atoms with Gasteiger partial charge in [-0.05, 0) is 19.6 Å². The van der Waals surface area contributed by atoms with E-state index >= 15 is 0 Å². The van der Waals surface area contributed by atoms with Gasteiger partial charge in [0.25, 0.3) is 5.91 Å². The zero-order chi connectivity index (χ0) is 14.4. The molecule has 7 heteroatoms. The summed E-state index contributed by atoms with van der Waals surface area (Å²) in [6.45, 7) is 5.13. The van der Waals surface area contributed by atoms with Crippen LogP contribution in [0.1, 0.15) is 30.8 Å². The summed E-state index contributed by atoms with van der Waals surface area (Å²) in [5, 5.41) is 6.76. The predicted octanol–water partition coefficient (Wildman–Crippen LogP) is 1.16. The number of nitrogens with one attached hydrogen (secondary N) is 1. The molecule has 0 spiro atoms. The Kier molecular flexibility index (Phi) is 5.88. The third-order valence-corrected chi connectivity index (χ3v) is 2.98. The van der Waals surface area contributed by atoms with Gasteiger partial charge >= 0.3 is 0 Å². The molecule has 1 aromatic heterocycles. The average molecular weight is 284 g/mol. The highest BCUT2D eigenvalue weighted by Crippen LogP contribution is 2.11. The maximum absolute atomic E-state index is 12.2. The van der Waals surface area contributed by atoms with Crippen LogP contribution >= 0.6 is 12.6 Å². The van der Waals surface area contributed by atoms with E-state index < -0.39 is 0 Å². The van der Waals surface area contributed by atoms with Crippen LogP contribution in [0.15, 0.2) is 6.07 Å². The number of aromatic nitrogens is 2. The third-order valence-electron chi connectivity index (χ3n) is 2.76. The van der Waals surface area contributed by atoms with E-state index in [4.69, 9.17) is 0 Å². The fourth-order valence-corrected chi connectivity index (χ4v) is 1.91. The molecule has 0 aliphatic heterocycles. The van der Waals surface area contributed by atoms with E-state index in [0.717, 1.165) is 0 Å². The van der Waals surface area contributed by atoms with E-state index in [0.29, 0.717) is 36.8 Å². The quantitative estimate of drug-likeness (QED) is 0.770. The maximum atomic E-state index is 12.2. The average Bonchev–Trinajstić information content (AvgIpc) is 2.71. The molecule has 0 bridgehead atoms. The van der Waals surface area contributed by atoms with Gasteiger partial charge in [0, 0.05) is 32.6 Å². The van der Waals surface area contributed by atoms with Gasteiger partial charge in [-0.1, -0.05) is 0 Å². The first kappa shape index (κ1) is 15.6. The van der Waals surface area contributed by atoms with E-state index in [1.165, 1.54) is 4.68 Å². The highest BCUT2D eigenvalue weighted by molar-refractivity contribution is 7.80. The lowest BCUT2D eigenvalue weighted by atomic mass is 10.3. The number of nitrogens with zero attached hydrogens (tertiary/aromatic N) is 3. The van der Waals surface area contributed by atoms with Crippen molar-refractivity contribution in [3.05, 3.63) is 11.8 Å². The lowest BCUT2D eigenvalue weighted by molar-refractivity contribution is -0.115. The van der Waals surface area contributed by atoms with E-state index in [2.05, 4.69) is 23.0 Å². The molecule has 0 saturated heterocycles. The number of carbonyl (C=O) groups is 2. The lowest BCUT2D eigenvalue weighted by Gasteiger charge is -2.17. The molecule has 1 rings (SSSR count). The Labute approximate surface area is 118 Å². The predicted molar refractivity (Wildman–Crippen MR) is 77.6 cm³/mol. The van der Waals surface area contributed by atoms with Crippen molar-refractivity contribution >= 4 is 30.3 Å². The first-order valence-corrected chi connectivity index (χ1v) is 6.90. The van der Waals surface area contributed by atoms with Crippen molar-refractivity contribution in [2.75, 3.05) is 24.2 Å². The lowest BCUT2D eigenvalue weighted by Crippen LogP contribution is -2.31. The van der Waals surface area contributed by atoms with Gasteiger partial charge in [0.05, 0.1) is 0 Å². The molecule has 0 atom stereocenters. The van der Waals surface area contributed by atoms with Crippen LogP contribution in [0.2, 0.25) is 0 Å². The summed E-state index contributed by atoms with van der Waals surface area (Å²) in [6.07, 6.45) is 0.318. The standard InChI is InChI=1S/C12H20N4O2S/c1-4-16(5-2)12(18)9-8-10(14-15(9)3)13-11(17)6-7-19/h8,19H,4-7H2,1-3H3,(H,13,14,17). The number of thiol groups is 1. The number of aryl methyl sites for hydroxylation is 1. The van der Waals surface area contributed by atoms with Crippen LogP contribution in [0.5, 0.6) is 0 Å². The molecule has 19 heavy (non-hydrogen) atoms. The number of hydrogen-bond acceptors (Lipinski definition) is 4. The number of amides is 2. The van der Waals surface area contributed by atoms with E-state index in [1.54, 1.807) is 18.0 Å². The second kappa shape index (κ2) is 7.18. The fourth-order valence-electron chi connectivity index (χ4n) is 1.71. The SMILES string of the molecule is CCN(CC)C(=O)c1cc(NC(=O)CCS)nn1C. The summed E-state index contributed by atoms with van der Waals surface area (Å²) in [7, 11) is 1.69. The normalized spacial score (nSPS) is 10.3. The Morgan fingerprint density at radius 1 is 1.42 bits per heavy atom. The van der Waals surface area contributed by atoms with Crippen LogP contribution in [0.4, 0.5) is 5.82 Å². The van der Waals surface area contributed by atoms with Crippen molar-refractivity contribution in [1.29, 1.82) is 0 Å². The van der Waals surface area contributed by atoms with Gasteiger partial charge in [-0.2, -0.15) is 17.7 Å². The minimum atomic E-state index is -0.157. The second-order valence-corrected chi connectivity index (χ2v) is 4.48. The number of rotatable bonds is 6. The Hall–Kier alpha value is -1.50. The van der Waals surface area contributed by atoms with Gasteiger partial charge < -0.3 is 10.2 Å². The minimum absolute atomic E-state index is 0.0882. The van der Waals surface area contributed by atoms with Crippen molar-refractivity contribution in [2.45, 2.75) is 20.3 Å². The summed E-state index contributed by atoms with van der Waals surface area (Å²) in [5.41, 5.74) is 0.463. The highest BCUT2D eigenvalue weighted by Gasteiger charge is 2.18. The van der Waals surface area contributed by atoms with E-state index in [1.807, 2.05) is 13.8 Å². The largest absolute Gasteiger partial charge is 0.338 e. The molecule has 1 aromatic rings. The highest BCUT2D eigenvalue weighted by atomic mass is 32.1. The minimum Gasteiger partial charge on any atom is -0.338 e. The van der Waals surface area contributed by atoms with E-state index in [9.17, 15) is 9.59 Å². The Morgan fingerprint density at radius 2 is 2.05 bits per heavy atom. The molecule has 2 amide bonds. The topological polar surface area (TPSA) is 67.2 Å². The first-order valence-electron chi connectivity index (χ1n) is 6.27. The van der Waals surface area contributed by atoms with Gasteiger partial charge in [0.15, 0.2) is 5.82 Å².